The second kappa shape index (κ2) is 12.0. The van der Waals surface area contributed by atoms with Crippen LogP contribution in [0.4, 0.5) is 5.69 Å². The topological polar surface area (TPSA) is 118 Å². The molecule has 1 aliphatic rings. The standard InChI is InChI=1S/C23H25ClN4O5/c1-15-4-7-17(8-5-15)27-21(29)14-33-20-9-6-16(11-19(20)24)12-26-28-23(31)22(30)25-13-18-3-2-10-32-18/h4-9,11-12,18H,2-3,10,13-14H2,1H3,(H,25,30)(H,27,29)(H,28,31)/b26-12-/t18-/m0/s1. The summed E-state index contributed by atoms with van der Waals surface area (Å²) in [6.45, 7) is 2.71. The van der Waals surface area contributed by atoms with E-state index >= 15 is 0 Å². The Morgan fingerprint density at radius 2 is 1.97 bits per heavy atom. The van der Waals surface area contributed by atoms with E-state index in [4.69, 9.17) is 21.1 Å². The van der Waals surface area contributed by atoms with Gasteiger partial charge in [0.05, 0.1) is 17.3 Å². The zero-order valence-electron chi connectivity index (χ0n) is 18.1. The van der Waals surface area contributed by atoms with Crippen molar-refractivity contribution < 1.29 is 23.9 Å². The van der Waals surface area contributed by atoms with Crippen LogP contribution in [0, 0.1) is 6.92 Å². The molecule has 0 bridgehead atoms. The van der Waals surface area contributed by atoms with Crippen LogP contribution in [0.2, 0.25) is 5.02 Å². The molecule has 3 rings (SSSR count). The van der Waals surface area contributed by atoms with Crippen LogP contribution in [-0.4, -0.2) is 49.8 Å². The fourth-order valence-electron chi connectivity index (χ4n) is 3.00. The number of aryl methyl sites for hydroxylation is 1. The van der Waals surface area contributed by atoms with Crippen LogP contribution < -0.4 is 20.8 Å². The number of carbonyl (C=O) groups is 3. The molecule has 1 fully saturated rings. The van der Waals surface area contributed by atoms with Crippen LogP contribution in [0.25, 0.3) is 0 Å². The van der Waals surface area contributed by atoms with Crippen LogP contribution >= 0.6 is 11.6 Å². The molecule has 2 aromatic rings. The number of hydrazone groups is 1. The third-order valence-electron chi connectivity index (χ3n) is 4.75. The van der Waals surface area contributed by atoms with Gasteiger partial charge >= 0.3 is 11.8 Å². The van der Waals surface area contributed by atoms with Gasteiger partial charge in [-0.05, 0) is 55.7 Å². The van der Waals surface area contributed by atoms with Gasteiger partial charge in [0, 0.05) is 18.8 Å². The Kier molecular flexibility index (Phi) is 8.79. The molecule has 174 valence electrons. The van der Waals surface area contributed by atoms with E-state index < -0.39 is 11.8 Å². The third-order valence-corrected chi connectivity index (χ3v) is 5.05. The van der Waals surface area contributed by atoms with Crippen molar-refractivity contribution in [2.45, 2.75) is 25.9 Å². The molecule has 1 saturated heterocycles. The second-order valence-electron chi connectivity index (χ2n) is 7.44. The molecule has 33 heavy (non-hydrogen) atoms. The number of nitrogens with zero attached hydrogens (tertiary/aromatic N) is 1. The van der Waals surface area contributed by atoms with Crippen molar-refractivity contribution in [1.82, 2.24) is 10.7 Å². The summed E-state index contributed by atoms with van der Waals surface area (Å²) >= 11 is 6.20. The minimum absolute atomic E-state index is 0.0539. The van der Waals surface area contributed by atoms with E-state index in [1.807, 2.05) is 19.1 Å². The average Bonchev–Trinajstić information content (AvgIpc) is 3.32. The SMILES string of the molecule is Cc1ccc(NC(=O)COc2ccc(/C=N\NC(=O)C(=O)NC[C@@H]3CCCO3)cc2Cl)cc1. The Bertz CT molecular complexity index is 1020. The van der Waals surface area contributed by atoms with Gasteiger partial charge in [-0.2, -0.15) is 5.10 Å². The maximum atomic E-state index is 12.1. The van der Waals surface area contributed by atoms with Crippen LogP contribution in [0.1, 0.15) is 24.0 Å². The molecule has 3 N–H and O–H groups in total. The van der Waals surface area contributed by atoms with E-state index in [0.29, 0.717) is 23.6 Å². The Labute approximate surface area is 196 Å². The van der Waals surface area contributed by atoms with Crippen LogP contribution in [-0.2, 0) is 19.1 Å². The van der Waals surface area contributed by atoms with Gasteiger partial charge in [0.15, 0.2) is 6.61 Å². The van der Waals surface area contributed by atoms with Crippen molar-refractivity contribution in [2.75, 3.05) is 25.1 Å². The summed E-state index contributed by atoms with van der Waals surface area (Å²) in [6.07, 6.45) is 3.09. The molecule has 1 heterocycles. The molecule has 1 atom stereocenters. The lowest BCUT2D eigenvalue weighted by atomic mass is 10.2. The Morgan fingerprint density at radius 3 is 2.67 bits per heavy atom. The number of nitrogens with one attached hydrogen (secondary N) is 3. The lowest BCUT2D eigenvalue weighted by Gasteiger charge is -2.10. The van der Waals surface area contributed by atoms with E-state index in [1.54, 1.807) is 30.3 Å². The van der Waals surface area contributed by atoms with Crippen molar-refractivity contribution in [3.63, 3.8) is 0 Å². The molecule has 10 heteroatoms. The lowest BCUT2D eigenvalue weighted by Crippen LogP contribution is -2.41. The highest BCUT2D eigenvalue weighted by molar-refractivity contribution is 6.35. The van der Waals surface area contributed by atoms with E-state index in [9.17, 15) is 14.4 Å². The summed E-state index contributed by atoms with van der Waals surface area (Å²) in [6, 6.07) is 12.2. The zero-order chi connectivity index (χ0) is 23.6. The highest BCUT2D eigenvalue weighted by Crippen LogP contribution is 2.25. The lowest BCUT2D eigenvalue weighted by molar-refractivity contribution is -0.139. The van der Waals surface area contributed by atoms with Crippen molar-refractivity contribution in [2.24, 2.45) is 5.10 Å². The number of rotatable bonds is 8. The van der Waals surface area contributed by atoms with Gasteiger partial charge in [-0.1, -0.05) is 29.3 Å². The first-order chi connectivity index (χ1) is 15.9. The number of hydrogen-bond donors (Lipinski definition) is 3. The van der Waals surface area contributed by atoms with Crippen molar-refractivity contribution in [3.05, 3.63) is 58.6 Å². The summed E-state index contributed by atoms with van der Waals surface area (Å²) in [4.78, 5) is 35.6. The maximum Gasteiger partial charge on any atom is 0.329 e. The Hall–Kier alpha value is -3.43. The van der Waals surface area contributed by atoms with E-state index in [0.717, 1.165) is 18.4 Å². The molecule has 1 aliphatic heterocycles. The third kappa shape index (κ3) is 7.89. The molecule has 0 spiro atoms. The van der Waals surface area contributed by atoms with Crippen molar-refractivity contribution in [3.8, 4) is 5.75 Å². The number of anilines is 1. The first kappa shape index (κ1) is 24.2. The van der Waals surface area contributed by atoms with Gasteiger partial charge in [0.2, 0.25) is 0 Å². The molecule has 0 unspecified atom stereocenters. The molecule has 9 nitrogen and oxygen atoms in total. The smallest absolute Gasteiger partial charge is 0.329 e. The average molecular weight is 473 g/mol. The fourth-order valence-corrected chi connectivity index (χ4v) is 3.24. The number of hydrogen-bond acceptors (Lipinski definition) is 6. The second-order valence-corrected chi connectivity index (χ2v) is 7.84. The Balaban J connectivity index is 1.42. The summed E-state index contributed by atoms with van der Waals surface area (Å²) in [7, 11) is 0. The molecule has 2 aromatic carbocycles. The summed E-state index contributed by atoms with van der Waals surface area (Å²) < 4.78 is 10.9. The van der Waals surface area contributed by atoms with Gasteiger partial charge in [-0.3, -0.25) is 14.4 Å². The molecule has 0 radical (unpaired) electrons. The molecule has 0 aliphatic carbocycles. The molecular formula is C23H25ClN4O5. The molecule has 0 aromatic heterocycles. The van der Waals surface area contributed by atoms with Gasteiger partial charge in [-0.25, -0.2) is 5.43 Å². The van der Waals surface area contributed by atoms with Crippen molar-refractivity contribution >= 4 is 41.2 Å². The van der Waals surface area contributed by atoms with Crippen LogP contribution in [0.15, 0.2) is 47.6 Å². The van der Waals surface area contributed by atoms with E-state index in [-0.39, 0.29) is 30.2 Å². The van der Waals surface area contributed by atoms with Crippen LogP contribution in [0.3, 0.4) is 0 Å². The zero-order valence-corrected chi connectivity index (χ0v) is 18.9. The largest absolute Gasteiger partial charge is 0.482 e. The van der Waals surface area contributed by atoms with Crippen LogP contribution in [0.5, 0.6) is 5.75 Å². The number of benzene rings is 2. The fraction of sp³-hybridized carbons (Fsp3) is 0.304. The maximum absolute atomic E-state index is 12.1. The summed E-state index contributed by atoms with van der Waals surface area (Å²) in [5, 5.41) is 9.27. The predicted octanol–water partition coefficient (Wildman–Crippen LogP) is 2.41. The minimum Gasteiger partial charge on any atom is -0.482 e. The van der Waals surface area contributed by atoms with Gasteiger partial charge in [-0.15, -0.1) is 0 Å². The number of halogens is 1. The highest BCUT2D eigenvalue weighted by atomic mass is 35.5. The predicted molar refractivity (Wildman–Crippen MR) is 124 cm³/mol. The first-order valence-electron chi connectivity index (χ1n) is 10.4. The van der Waals surface area contributed by atoms with Gasteiger partial charge in [0.1, 0.15) is 5.75 Å². The summed E-state index contributed by atoms with van der Waals surface area (Å²) in [5.74, 6) is -1.66. The Morgan fingerprint density at radius 1 is 1.18 bits per heavy atom. The number of carbonyl (C=O) groups excluding carboxylic acids is 3. The molecular weight excluding hydrogens is 448 g/mol. The summed E-state index contributed by atoms with van der Waals surface area (Å²) in [5.41, 5.74) is 4.49. The minimum atomic E-state index is -0.880. The number of amides is 3. The first-order valence-corrected chi connectivity index (χ1v) is 10.8. The monoisotopic (exact) mass is 472 g/mol. The molecule has 3 amide bonds. The number of ether oxygens (including phenoxy) is 2. The van der Waals surface area contributed by atoms with Crippen molar-refractivity contribution in [1.29, 1.82) is 0 Å². The highest BCUT2D eigenvalue weighted by Gasteiger charge is 2.19. The van der Waals surface area contributed by atoms with E-state index in [1.165, 1.54) is 6.21 Å². The molecule has 0 saturated carbocycles. The normalized spacial score (nSPS) is 15.3. The quantitative estimate of drug-likeness (QED) is 0.310. The van der Waals surface area contributed by atoms with Gasteiger partial charge in [0.25, 0.3) is 5.91 Å². The van der Waals surface area contributed by atoms with Gasteiger partial charge < -0.3 is 20.1 Å². The van der Waals surface area contributed by atoms with E-state index in [2.05, 4.69) is 21.2 Å².